The number of amides is 1. The van der Waals surface area contributed by atoms with E-state index in [0.717, 1.165) is 24.9 Å². The lowest BCUT2D eigenvalue weighted by Gasteiger charge is -2.18. The lowest BCUT2D eigenvalue weighted by molar-refractivity contribution is -0.146. The van der Waals surface area contributed by atoms with Gasteiger partial charge in [0.25, 0.3) is 0 Å². The number of carboxylic acids is 1. The molecule has 2 fully saturated rings. The van der Waals surface area contributed by atoms with E-state index >= 15 is 0 Å². The first-order valence-corrected chi connectivity index (χ1v) is 6.95. The summed E-state index contributed by atoms with van der Waals surface area (Å²) < 4.78 is 5.60. The van der Waals surface area contributed by atoms with Crippen LogP contribution in [0.2, 0.25) is 0 Å². The number of carbonyl (C=O) groups is 2. The van der Waals surface area contributed by atoms with Crippen LogP contribution in [0, 0.1) is 5.92 Å². The third-order valence-corrected chi connectivity index (χ3v) is 3.76. The molecule has 20 heavy (non-hydrogen) atoms. The molecular weight excluding hydrogens is 258 g/mol. The number of hydrogen-bond donors (Lipinski definition) is 1. The molecule has 1 aromatic rings. The Labute approximate surface area is 117 Å². The fourth-order valence-corrected chi connectivity index (χ4v) is 2.54. The molecule has 2 aliphatic rings. The molecular formula is C15H17NO4. The first-order chi connectivity index (χ1) is 9.65. The minimum Gasteiger partial charge on any atom is -0.478 e. The second-order valence-corrected chi connectivity index (χ2v) is 5.36. The van der Waals surface area contributed by atoms with E-state index in [1.807, 2.05) is 6.07 Å². The molecule has 1 aliphatic carbocycles. The van der Waals surface area contributed by atoms with Gasteiger partial charge in [-0.25, -0.2) is 4.79 Å². The van der Waals surface area contributed by atoms with Gasteiger partial charge in [0.2, 0.25) is 5.91 Å². The number of carbonyl (C=O) groups excluding carboxylic acids is 1. The second-order valence-electron chi connectivity index (χ2n) is 5.36. The Balaban J connectivity index is 1.76. The van der Waals surface area contributed by atoms with Crippen molar-refractivity contribution < 1.29 is 19.4 Å². The third-order valence-electron chi connectivity index (χ3n) is 3.76. The van der Waals surface area contributed by atoms with Crippen LogP contribution in [-0.4, -0.2) is 29.6 Å². The zero-order valence-electron chi connectivity index (χ0n) is 11.1. The number of nitrogens with zero attached hydrogens (tertiary/aromatic N) is 1. The molecule has 1 heterocycles. The summed E-state index contributed by atoms with van der Waals surface area (Å²) in [6, 6.07) is 7.13. The van der Waals surface area contributed by atoms with Crippen LogP contribution in [-0.2, 0) is 9.59 Å². The van der Waals surface area contributed by atoms with Crippen LogP contribution in [0.4, 0.5) is 5.69 Å². The summed E-state index contributed by atoms with van der Waals surface area (Å²) in [5.41, 5.74) is 0.782. The highest BCUT2D eigenvalue weighted by atomic mass is 16.5. The van der Waals surface area contributed by atoms with Crippen molar-refractivity contribution in [2.24, 2.45) is 5.92 Å². The number of carboxylic acid groups (broad SMARTS) is 1. The predicted molar refractivity (Wildman–Crippen MR) is 72.8 cm³/mol. The first kappa shape index (κ1) is 13.0. The highest BCUT2D eigenvalue weighted by Crippen LogP contribution is 2.36. The number of anilines is 1. The Morgan fingerprint density at radius 3 is 2.80 bits per heavy atom. The summed E-state index contributed by atoms with van der Waals surface area (Å²) in [5, 5.41) is 9.18. The van der Waals surface area contributed by atoms with Crippen molar-refractivity contribution in [1.82, 2.24) is 0 Å². The number of rotatable bonds is 5. The summed E-state index contributed by atoms with van der Waals surface area (Å²) in [6.45, 7) is 0.716. The molecule has 1 N–H and O–H groups in total. The standard InChI is InChI=1S/C15H17NO4/c17-13-5-2-8-16(13)11-3-1-4-12(9-11)20-14(15(18)19)10-6-7-10/h1,3-4,9-10,14H,2,5-8H2,(H,18,19). The molecule has 1 amide bonds. The van der Waals surface area contributed by atoms with Gasteiger partial charge in [-0.05, 0) is 31.4 Å². The van der Waals surface area contributed by atoms with Crippen LogP contribution in [0.25, 0.3) is 0 Å². The van der Waals surface area contributed by atoms with Gasteiger partial charge in [0, 0.05) is 30.6 Å². The van der Waals surface area contributed by atoms with Gasteiger partial charge in [0.1, 0.15) is 5.75 Å². The largest absolute Gasteiger partial charge is 0.478 e. The van der Waals surface area contributed by atoms with Crippen molar-refractivity contribution in [2.45, 2.75) is 31.8 Å². The second kappa shape index (κ2) is 5.15. The van der Waals surface area contributed by atoms with Crippen molar-refractivity contribution in [3.63, 3.8) is 0 Å². The lowest BCUT2D eigenvalue weighted by Crippen LogP contribution is -2.29. The van der Waals surface area contributed by atoms with E-state index in [9.17, 15) is 14.7 Å². The molecule has 1 atom stereocenters. The average molecular weight is 275 g/mol. The van der Waals surface area contributed by atoms with Crippen LogP contribution < -0.4 is 9.64 Å². The summed E-state index contributed by atoms with van der Waals surface area (Å²) in [5.74, 6) is -0.180. The molecule has 0 aromatic heterocycles. The number of aliphatic carboxylic acids is 1. The summed E-state index contributed by atoms with van der Waals surface area (Å²) >= 11 is 0. The molecule has 3 rings (SSSR count). The fourth-order valence-electron chi connectivity index (χ4n) is 2.54. The van der Waals surface area contributed by atoms with Gasteiger partial charge in [-0.2, -0.15) is 0 Å². The molecule has 1 aromatic carbocycles. The van der Waals surface area contributed by atoms with Gasteiger partial charge < -0.3 is 14.7 Å². The monoisotopic (exact) mass is 275 g/mol. The number of hydrogen-bond acceptors (Lipinski definition) is 3. The van der Waals surface area contributed by atoms with Crippen LogP contribution in [0.1, 0.15) is 25.7 Å². The van der Waals surface area contributed by atoms with Crippen molar-refractivity contribution in [3.05, 3.63) is 24.3 Å². The minimum absolute atomic E-state index is 0.110. The Bertz CT molecular complexity index is 538. The number of ether oxygens (including phenoxy) is 1. The van der Waals surface area contributed by atoms with Crippen molar-refractivity contribution in [1.29, 1.82) is 0 Å². The van der Waals surface area contributed by atoms with E-state index in [2.05, 4.69) is 0 Å². The maximum atomic E-state index is 11.7. The smallest absolute Gasteiger partial charge is 0.345 e. The van der Waals surface area contributed by atoms with E-state index in [0.29, 0.717) is 18.7 Å². The Kier molecular flexibility index (Phi) is 3.34. The highest BCUT2D eigenvalue weighted by molar-refractivity contribution is 5.95. The molecule has 0 bridgehead atoms. The maximum absolute atomic E-state index is 11.7. The van der Waals surface area contributed by atoms with E-state index in [-0.39, 0.29) is 11.8 Å². The number of benzene rings is 1. The minimum atomic E-state index is -0.921. The Hall–Kier alpha value is -2.04. The Morgan fingerprint density at radius 1 is 1.40 bits per heavy atom. The molecule has 5 nitrogen and oxygen atoms in total. The summed E-state index contributed by atoms with van der Waals surface area (Å²) in [7, 11) is 0. The van der Waals surface area contributed by atoms with Crippen molar-refractivity contribution >= 4 is 17.6 Å². The first-order valence-electron chi connectivity index (χ1n) is 6.95. The molecule has 1 unspecified atom stereocenters. The zero-order chi connectivity index (χ0) is 14.1. The van der Waals surface area contributed by atoms with Gasteiger partial charge >= 0.3 is 5.97 Å². The van der Waals surface area contributed by atoms with E-state index in [4.69, 9.17) is 4.74 Å². The third kappa shape index (κ3) is 2.61. The van der Waals surface area contributed by atoms with Gasteiger partial charge in [0.15, 0.2) is 6.10 Å². The highest BCUT2D eigenvalue weighted by Gasteiger charge is 2.38. The summed E-state index contributed by atoms with van der Waals surface area (Å²) in [6.07, 6.45) is 2.47. The van der Waals surface area contributed by atoms with Crippen molar-refractivity contribution in [2.75, 3.05) is 11.4 Å². The van der Waals surface area contributed by atoms with Crippen LogP contribution >= 0.6 is 0 Å². The SMILES string of the molecule is O=C(O)C(Oc1cccc(N2CCCC2=O)c1)C1CC1. The summed E-state index contributed by atoms with van der Waals surface area (Å²) in [4.78, 5) is 24.6. The van der Waals surface area contributed by atoms with E-state index < -0.39 is 12.1 Å². The maximum Gasteiger partial charge on any atom is 0.345 e. The van der Waals surface area contributed by atoms with Crippen LogP contribution in [0.15, 0.2) is 24.3 Å². The van der Waals surface area contributed by atoms with E-state index in [1.165, 1.54) is 0 Å². The van der Waals surface area contributed by atoms with Gasteiger partial charge in [-0.3, -0.25) is 4.79 Å². The molecule has 1 saturated heterocycles. The molecule has 5 heteroatoms. The van der Waals surface area contributed by atoms with Gasteiger partial charge in [0.05, 0.1) is 0 Å². The van der Waals surface area contributed by atoms with Crippen LogP contribution in [0.3, 0.4) is 0 Å². The normalized spacial score (nSPS) is 20.0. The van der Waals surface area contributed by atoms with Gasteiger partial charge in [-0.15, -0.1) is 0 Å². The topological polar surface area (TPSA) is 66.8 Å². The predicted octanol–water partition coefficient (Wildman–Crippen LogP) is 2.06. The zero-order valence-corrected chi connectivity index (χ0v) is 11.1. The van der Waals surface area contributed by atoms with Crippen LogP contribution in [0.5, 0.6) is 5.75 Å². The lowest BCUT2D eigenvalue weighted by atomic mass is 10.2. The molecule has 1 aliphatic heterocycles. The Morgan fingerprint density at radius 2 is 2.20 bits per heavy atom. The molecule has 1 saturated carbocycles. The van der Waals surface area contributed by atoms with E-state index in [1.54, 1.807) is 23.1 Å². The molecule has 0 radical (unpaired) electrons. The fraction of sp³-hybridized carbons (Fsp3) is 0.467. The quantitative estimate of drug-likeness (QED) is 0.893. The molecule has 106 valence electrons. The van der Waals surface area contributed by atoms with Gasteiger partial charge in [-0.1, -0.05) is 6.07 Å². The molecule has 0 spiro atoms. The average Bonchev–Trinajstić information content (AvgIpc) is 3.17. The van der Waals surface area contributed by atoms with Crippen molar-refractivity contribution in [3.8, 4) is 5.75 Å².